The van der Waals surface area contributed by atoms with Gasteiger partial charge in [0.05, 0.1) is 6.61 Å². The van der Waals surface area contributed by atoms with Gasteiger partial charge >= 0.3 is 12.0 Å². The molecule has 0 aromatic carbocycles. The summed E-state index contributed by atoms with van der Waals surface area (Å²) in [6, 6.07) is -0.162. The number of nitrogens with zero attached hydrogens (tertiary/aromatic N) is 1. The quantitative estimate of drug-likeness (QED) is 0.602. The number of hydrogen-bond donors (Lipinski definition) is 3. The van der Waals surface area contributed by atoms with Gasteiger partial charge in [0.2, 0.25) is 0 Å². The largest absolute Gasteiger partial charge is 0.481 e. The molecular weight excluding hydrogens is 260 g/mol. The van der Waals surface area contributed by atoms with Crippen molar-refractivity contribution in [3.63, 3.8) is 0 Å². The zero-order valence-electron chi connectivity index (χ0n) is 13.0. The van der Waals surface area contributed by atoms with Crippen molar-refractivity contribution < 1.29 is 19.8 Å². The SMILES string of the molecule is CC(C)N(CCO)C(=O)NCCC(C)(C)CCC(=O)O. The number of rotatable bonds is 9. The summed E-state index contributed by atoms with van der Waals surface area (Å²) in [4.78, 5) is 24.1. The molecule has 0 aromatic heterocycles. The third-order valence-corrected chi connectivity index (χ3v) is 3.32. The van der Waals surface area contributed by atoms with E-state index in [0.717, 1.165) is 6.42 Å². The smallest absolute Gasteiger partial charge is 0.317 e. The maximum absolute atomic E-state index is 11.9. The van der Waals surface area contributed by atoms with Crippen LogP contribution < -0.4 is 5.32 Å². The molecule has 0 unspecified atom stereocenters. The van der Waals surface area contributed by atoms with E-state index < -0.39 is 5.97 Å². The van der Waals surface area contributed by atoms with Gasteiger partial charge < -0.3 is 20.4 Å². The van der Waals surface area contributed by atoms with Crippen molar-refractivity contribution in [2.45, 2.75) is 53.0 Å². The molecule has 118 valence electrons. The number of carboxylic acid groups (broad SMARTS) is 1. The summed E-state index contributed by atoms with van der Waals surface area (Å²) >= 11 is 0. The van der Waals surface area contributed by atoms with Crippen LogP contribution in [0.2, 0.25) is 0 Å². The first kappa shape index (κ1) is 18.7. The number of aliphatic hydroxyl groups is 1. The summed E-state index contributed by atoms with van der Waals surface area (Å²) in [6.45, 7) is 8.53. The van der Waals surface area contributed by atoms with Crippen LogP contribution in [-0.2, 0) is 4.79 Å². The number of nitrogens with one attached hydrogen (secondary N) is 1. The maximum Gasteiger partial charge on any atom is 0.317 e. The van der Waals surface area contributed by atoms with Crippen molar-refractivity contribution in [3.8, 4) is 0 Å². The fraction of sp³-hybridized carbons (Fsp3) is 0.857. The van der Waals surface area contributed by atoms with E-state index in [1.54, 1.807) is 4.90 Å². The molecule has 0 aliphatic rings. The average molecular weight is 288 g/mol. The van der Waals surface area contributed by atoms with Crippen LogP contribution in [0.25, 0.3) is 0 Å². The molecule has 6 nitrogen and oxygen atoms in total. The van der Waals surface area contributed by atoms with E-state index in [9.17, 15) is 9.59 Å². The fourth-order valence-corrected chi connectivity index (χ4v) is 1.88. The Morgan fingerprint density at radius 1 is 1.25 bits per heavy atom. The number of carbonyl (C=O) groups is 2. The van der Waals surface area contributed by atoms with E-state index in [1.165, 1.54) is 0 Å². The molecule has 0 saturated carbocycles. The van der Waals surface area contributed by atoms with Gasteiger partial charge in [-0.3, -0.25) is 4.79 Å². The molecule has 0 rings (SSSR count). The van der Waals surface area contributed by atoms with Crippen molar-refractivity contribution in [1.82, 2.24) is 10.2 Å². The number of carbonyl (C=O) groups excluding carboxylic acids is 1. The second kappa shape index (κ2) is 8.79. The minimum atomic E-state index is -0.795. The molecule has 0 spiro atoms. The zero-order chi connectivity index (χ0) is 15.8. The molecule has 0 fully saturated rings. The summed E-state index contributed by atoms with van der Waals surface area (Å²) < 4.78 is 0. The van der Waals surface area contributed by atoms with Crippen LogP contribution in [0.5, 0.6) is 0 Å². The van der Waals surface area contributed by atoms with Crippen LogP contribution in [0.1, 0.15) is 47.0 Å². The second-order valence-corrected chi connectivity index (χ2v) is 6.05. The van der Waals surface area contributed by atoms with Gasteiger partial charge in [0.15, 0.2) is 0 Å². The summed E-state index contributed by atoms with van der Waals surface area (Å²) in [5.41, 5.74) is -0.120. The van der Waals surface area contributed by atoms with Crippen molar-refractivity contribution in [3.05, 3.63) is 0 Å². The number of urea groups is 1. The van der Waals surface area contributed by atoms with Crippen LogP contribution >= 0.6 is 0 Å². The molecule has 3 N–H and O–H groups in total. The Bertz CT molecular complexity index is 316. The summed E-state index contributed by atoms with van der Waals surface area (Å²) in [5.74, 6) is -0.795. The average Bonchev–Trinajstić information content (AvgIpc) is 2.32. The minimum Gasteiger partial charge on any atom is -0.481 e. The monoisotopic (exact) mass is 288 g/mol. The Labute approximate surface area is 121 Å². The molecular formula is C14H28N2O4. The highest BCUT2D eigenvalue weighted by Crippen LogP contribution is 2.26. The van der Waals surface area contributed by atoms with E-state index in [2.05, 4.69) is 5.32 Å². The third-order valence-electron chi connectivity index (χ3n) is 3.32. The molecule has 0 radical (unpaired) electrons. The van der Waals surface area contributed by atoms with Crippen LogP contribution in [-0.4, -0.2) is 52.9 Å². The van der Waals surface area contributed by atoms with E-state index >= 15 is 0 Å². The first-order valence-corrected chi connectivity index (χ1v) is 7.07. The molecule has 0 aromatic rings. The lowest BCUT2D eigenvalue weighted by Crippen LogP contribution is -2.46. The standard InChI is InChI=1S/C14H28N2O4/c1-11(2)16(9-10-17)13(20)15-8-7-14(3,4)6-5-12(18)19/h11,17H,5-10H2,1-4H3,(H,15,20)(H,18,19). The summed E-state index contributed by atoms with van der Waals surface area (Å²) in [6.07, 6.45) is 1.45. The zero-order valence-corrected chi connectivity index (χ0v) is 13.0. The van der Waals surface area contributed by atoms with Gasteiger partial charge in [-0.15, -0.1) is 0 Å². The van der Waals surface area contributed by atoms with Gasteiger partial charge in [0.1, 0.15) is 0 Å². The van der Waals surface area contributed by atoms with Crippen molar-refractivity contribution in [1.29, 1.82) is 0 Å². The molecule has 0 heterocycles. The Morgan fingerprint density at radius 3 is 2.30 bits per heavy atom. The van der Waals surface area contributed by atoms with Crippen molar-refractivity contribution >= 4 is 12.0 Å². The molecule has 2 amide bonds. The number of aliphatic carboxylic acids is 1. The first-order chi connectivity index (χ1) is 9.19. The highest BCUT2D eigenvalue weighted by molar-refractivity contribution is 5.74. The topological polar surface area (TPSA) is 89.9 Å². The lowest BCUT2D eigenvalue weighted by atomic mass is 9.84. The highest BCUT2D eigenvalue weighted by Gasteiger charge is 2.20. The summed E-state index contributed by atoms with van der Waals surface area (Å²) in [7, 11) is 0. The maximum atomic E-state index is 11.9. The van der Waals surface area contributed by atoms with Gasteiger partial charge in [-0.25, -0.2) is 4.79 Å². The normalized spacial score (nSPS) is 11.5. The predicted octanol–water partition coefficient (Wildman–Crippen LogP) is 1.68. The number of carboxylic acids is 1. The Hall–Kier alpha value is -1.30. The minimum absolute atomic E-state index is 0.0298. The van der Waals surface area contributed by atoms with Crippen LogP contribution in [0.4, 0.5) is 4.79 Å². The van der Waals surface area contributed by atoms with Gasteiger partial charge in [0, 0.05) is 25.6 Å². The molecule has 0 saturated heterocycles. The van der Waals surface area contributed by atoms with Crippen LogP contribution in [0.15, 0.2) is 0 Å². The second-order valence-electron chi connectivity index (χ2n) is 6.05. The van der Waals surface area contributed by atoms with Gasteiger partial charge in [-0.05, 0) is 32.1 Å². The van der Waals surface area contributed by atoms with E-state index in [0.29, 0.717) is 19.5 Å². The van der Waals surface area contributed by atoms with Crippen LogP contribution in [0.3, 0.4) is 0 Å². The Balaban J connectivity index is 4.14. The first-order valence-electron chi connectivity index (χ1n) is 7.07. The predicted molar refractivity (Wildman–Crippen MR) is 77.6 cm³/mol. The van der Waals surface area contributed by atoms with Crippen molar-refractivity contribution in [2.24, 2.45) is 5.41 Å². The number of amides is 2. The molecule has 6 heteroatoms. The van der Waals surface area contributed by atoms with Gasteiger partial charge in [-0.1, -0.05) is 13.8 Å². The van der Waals surface area contributed by atoms with Gasteiger partial charge in [0.25, 0.3) is 0 Å². The lowest BCUT2D eigenvalue weighted by molar-refractivity contribution is -0.137. The Kier molecular flexibility index (Phi) is 8.22. The molecule has 0 aliphatic carbocycles. The Morgan fingerprint density at radius 2 is 1.85 bits per heavy atom. The number of hydrogen-bond acceptors (Lipinski definition) is 3. The molecule has 0 atom stereocenters. The van der Waals surface area contributed by atoms with E-state index in [1.807, 2.05) is 27.7 Å². The lowest BCUT2D eigenvalue weighted by Gasteiger charge is -2.28. The molecule has 0 aliphatic heterocycles. The number of aliphatic hydroxyl groups excluding tert-OH is 1. The molecule has 20 heavy (non-hydrogen) atoms. The third kappa shape index (κ3) is 7.99. The van der Waals surface area contributed by atoms with Crippen molar-refractivity contribution in [2.75, 3.05) is 19.7 Å². The molecule has 0 bridgehead atoms. The highest BCUT2D eigenvalue weighted by atomic mass is 16.4. The van der Waals surface area contributed by atoms with E-state index in [4.69, 9.17) is 10.2 Å². The van der Waals surface area contributed by atoms with E-state index in [-0.39, 0.29) is 30.5 Å². The fourth-order valence-electron chi connectivity index (χ4n) is 1.88. The van der Waals surface area contributed by atoms with Crippen LogP contribution in [0, 0.1) is 5.41 Å². The summed E-state index contributed by atoms with van der Waals surface area (Å²) in [5, 5.41) is 20.4. The van der Waals surface area contributed by atoms with Gasteiger partial charge in [-0.2, -0.15) is 0 Å².